The summed E-state index contributed by atoms with van der Waals surface area (Å²) >= 11 is 0. The van der Waals surface area contributed by atoms with Crippen LogP contribution in [-0.4, -0.2) is 38.4 Å². The molecule has 1 aromatic carbocycles. The molecule has 0 fully saturated rings. The van der Waals surface area contributed by atoms with Gasteiger partial charge in [-0.2, -0.15) is 10.2 Å². The van der Waals surface area contributed by atoms with Crippen molar-refractivity contribution in [2.75, 3.05) is 14.2 Å². The van der Waals surface area contributed by atoms with Crippen LogP contribution in [0.3, 0.4) is 0 Å². The molecule has 4 rings (SSSR count). The van der Waals surface area contributed by atoms with Gasteiger partial charge in [-0.25, -0.2) is 18.8 Å². The smallest absolute Gasteiger partial charge is 0.347 e. The Balaban J connectivity index is 1.92. The summed E-state index contributed by atoms with van der Waals surface area (Å²) in [5.74, 6) is 1.28. The van der Waals surface area contributed by atoms with Crippen molar-refractivity contribution in [3.8, 4) is 22.8 Å². The van der Waals surface area contributed by atoms with E-state index in [9.17, 15) is 4.79 Å². The molecule has 0 bridgehead atoms. The molecule has 0 atom stereocenters. The monoisotopic (exact) mass is 311 g/mol. The van der Waals surface area contributed by atoms with Crippen molar-refractivity contribution < 1.29 is 9.47 Å². The van der Waals surface area contributed by atoms with Gasteiger partial charge in [-0.1, -0.05) is 0 Å². The summed E-state index contributed by atoms with van der Waals surface area (Å²) in [6.45, 7) is 0. The number of rotatable bonds is 3. The summed E-state index contributed by atoms with van der Waals surface area (Å²) in [6.07, 6.45) is 3.34. The highest BCUT2D eigenvalue weighted by Gasteiger charge is 2.12. The van der Waals surface area contributed by atoms with Gasteiger partial charge in [-0.05, 0) is 24.3 Å². The number of nitrogens with zero attached hydrogens (tertiary/aromatic N) is 4. The topological polar surface area (TPSA) is 85.9 Å². The van der Waals surface area contributed by atoms with Gasteiger partial charge in [0.1, 0.15) is 5.52 Å². The Kier molecular flexibility index (Phi) is 2.83. The van der Waals surface area contributed by atoms with Crippen LogP contribution in [0.25, 0.3) is 22.4 Å². The van der Waals surface area contributed by atoms with E-state index in [0.29, 0.717) is 17.1 Å². The van der Waals surface area contributed by atoms with Crippen LogP contribution in [0.2, 0.25) is 0 Å². The Labute approximate surface area is 129 Å². The maximum atomic E-state index is 11.6. The summed E-state index contributed by atoms with van der Waals surface area (Å²) in [6, 6.07) is 7.45. The third kappa shape index (κ3) is 1.95. The van der Waals surface area contributed by atoms with Crippen LogP contribution < -0.4 is 15.2 Å². The second kappa shape index (κ2) is 4.87. The lowest BCUT2D eigenvalue weighted by Gasteiger charge is -2.08. The Morgan fingerprint density at radius 3 is 2.70 bits per heavy atom. The molecule has 0 amide bonds. The fourth-order valence-corrected chi connectivity index (χ4v) is 2.57. The highest BCUT2D eigenvalue weighted by Crippen LogP contribution is 2.32. The zero-order chi connectivity index (χ0) is 16.0. The lowest BCUT2D eigenvalue weighted by Crippen LogP contribution is -2.09. The van der Waals surface area contributed by atoms with Gasteiger partial charge in [0, 0.05) is 18.0 Å². The molecule has 0 aliphatic heterocycles. The van der Waals surface area contributed by atoms with Crippen LogP contribution in [0.5, 0.6) is 11.5 Å². The minimum absolute atomic E-state index is 0.281. The van der Waals surface area contributed by atoms with Crippen LogP contribution in [0.4, 0.5) is 0 Å². The molecule has 1 N–H and O–H groups in total. The molecule has 8 nitrogen and oxygen atoms in total. The van der Waals surface area contributed by atoms with E-state index in [1.165, 1.54) is 4.40 Å². The van der Waals surface area contributed by atoms with Gasteiger partial charge in [0.25, 0.3) is 0 Å². The number of fused-ring (bicyclic) bond motifs is 3. The van der Waals surface area contributed by atoms with E-state index in [0.717, 1.165) is 16.8 Å². The quantitative estimate of drug-likeness (QED) is 0.617. The molecule has 0 unspecified atom stereocenters. The first kappa shape index (κ1) is 13.4. The van der Waals surface area contributed by atoms with E-state index >= 15 is 0 Å². The fraction of sp³-hybridized carbons (Fsp3) is 0.133. The standard InChI is InChI=1S/C15H13N5O3/c1-22-12-4-3-9(7-13(12)23-2)10-8-11-14-16-17-15(21)19(14)5-6-20(11)18-10/h3-8H,1-2H3,(H,17,21). The van der Waals surface area contributed by atoms with Crippen LogP contribution in [0.1, 0.15) is 0 Å². The van der Waals surface area contributed by atoms with Crippen molar-refractivity contribution in [3.63, 3.8) is 0 Å². The average molecular weight is 311 g/mol. The molecular weight excluding hydrogens is 298 g/mol. The maximum Gasteiger partial charge on any atom is 0.347 e. The number of nitrogens with one attached hydrogen (secondary N) is 1. The average Bonchev–Trinajstić information content (AvgIpc) is 3.17. The second-order valence-electron chi connectivity index (χ2n) is 4.95. The van der Waals surface area contributed by atoms with E-state index < -0.39 is 0 Å². The van der Waals surface area contributed by atoms with Crippen molar-refractivity contribution >= 4 is 11.2 Å². The van der Waals surface area contributed by atoms with Gasteiger partial charge >= 0.3 is 5.69 Å². The summed E-state index contributed by atoms with van der Waals surface area (Å²) < 4.78 is 13.7. The van der Waals surface area contributed by atoms with E-state index in [1.807, 2.05) is 24.3 Å². The normalized spacial score (nSPS) is 11.2. The van der Waals surface area contributed by atoms with Crippen molar-refractivity contribution in [1.82, 2.24) is 24.2 Å². The van der Waals surface area contributed by atoms with Crippen molar-refractivity contribution in [2.24, 2.45) is 0 Å². The number of aromatic amines is 1. The largest absolute Gasteiger partial charge is 0.493 e. The van der Waals surface area contributed by atoms with E-state index in [2.05, 4.69) is 15.3 Å². The first-order valence-corrected chi connectivity index (χ1v) is 6.89. The summed E-state index contributed by atoms with van der Waals surface area (Å²) in [7, 11) is 3.18. The zero-order valence-electron chi connectivity index (χ0n) is 12.5. The molecule has 8 heteroatoms. The van der Waals surface area contributed by atoms with Crippen molar-refractivity contribution in [1.29, 1.82) is 0 Å². The molecule has 0 saturated carbocycles. The fourth-order valence-electron chi connectivity index (χ4n) is 2.57. The van der Waals surface area contributed by atoms with Crippen LogP contribution >= 0.6 is 0 Å². The third-order valence-corrected chi connectivity index (χ3v) is 3.71. The first-order chi connectivity index (χ1) is 11.2. The van der Waals surface area contributed by atoms with Crippen molar-refractivity contribution in [3.05, 3.63) is 47.1 Å². The molecule has 0 saturated heterocycles. The number of H-pyrrole nitrogens is 1. The van der Waals surface area contributed by atoms with E-state index in [1.54, 1.807) is 31.1 Å². The molecule has 23 heavy (non-hydrogen) atoms. The first-order valence-electron chi connectivity index (χ1n) is 6.89. The minimum atomic E-state index is -0.281. The summed E-state index contributed by atoms with van der Waals surface area (Å²) in [5.41, 5.74) is 2.60. The Morgan fingerprint density at radius 2 is 1.91 bits per heavy atom. The van der Waals surface area contributed by atoms with Gasteiger partial charge in [0.2, 0.25) is 0 Å². The number of hydrogen-bond donors (Lipinski definition) is 1. The lowest BCUT2D eigenvalue weighted by molar-refractivity contribution is 0.355. The molecule has 0 aliphatic carbocycles. The Hall–Kier alpha value is -3.29. The number of benzene rings is 1. The van der Waals surface area contributed by atoms with Crippen molar-refractivity contribution in [2.45, 2.75) is 0 Å². The molecule has 3 heterocycles. The summed E-state index contributed by atoms with van der Waals surface area (Å²) in [4.78, 5) is 11.6. The van der Waals surface area contributed by atoms with Gasteiger partial charge in [0.05, 0.1) is 19.9 Å². The SMILES string of the molecule is COc1ccc(-c2cc3c4n[nH]c(=O)n4ccn3n2)cc1OC. The predicted octanol–water partition coefficient (Wildman–Crippen LogP) is 1.35. The molecule has 4 aromatic rings. The van der Waals surface area contributed by atoms with E-state index in [4.69, 9.17) is 9.47 Å². The number of methoxy groups -OCH3 is 2. The van der Waals surface area contributed by atoms with Crippen LogP contribution in [0, 0.1) is 0 Å². The molecule has 0 aliphatic rings. The highest BCUT2D eigenvalue weighted by molar-refractivity contribution is 5.77. The molecule has 3 aromatic heterocycles. The number of hydrogen-bond acceptors (Lipinski definition) is 5. The van der Waals surface area contributed by atoms with Gasteiger partial charge in [0.15, 0.2) is 17.1 Å². The van der Waals surface area contributed by atoms with Gasteiger partial charge < -0.3 is 9.47 Å². The molecule has 0 spiro atoms. The molecule has 116 valence electrons. The predicted molar refractivity (Wildman–Crippen MR) is 83.1 cm³/mol. The molecule has 0 radical (unpaired) electrons. The highest BCUT2D eigenvalue weighted by atomic mass is 16.5. The van der Waals surface area contributed by atoms with Crippen LogP contribution in [-0.2, 0) is 0 Å². The van der Waals surface area contributed by atoms with Crippen LogP contribution in [0.15, 0.2) is 41.5 Å². The van der Waals surface area contributed by atoms with Gasteiger partial charge in [-0.3, -0.25) is 0 Å². The van der Waals surface area contributed by atoms with E-state index in [-0.39, 0.29) is 5.69 Å². The van der Waals surface area contributed by atoms with Gasteiger partial charge in [-0.15, -0.1) is 0 Å². The summed E-state index contributed by atoms with van der Waals surface area (Å²) in [5, 5.41) is 11.0. The Bertz CT molecular complexity index is 1080. The Morgan fingerprint density at radius 1 is 1.09 bits per heavy atom. The zero-order valence-corrected chi connectivity index (χ0v) is 12.5. The maximum absolute atomic E-state index is 11.6. The second-order valence-corrected chi connectivity index (χ2v) is 4.95. The number of ether oxygens (including phenoxy) is 2. The lowest BCUT2D eigenvalue weighted by atomic mass is 10.1. The molecular formula is C15H13N5O3. The third-order valence-electron chi connectivity index (χ3n) is 3.71. The minimum Gasteiger partial charge on any atom is -0.493 e. The number of aromatic nitrogens is 5.